The highest BCUT2D eigenvalue weighted by Gasteiger charge is 2.35. The molecule has 20 heavy (non-hydrogen) atoms. The Morgan fingerprint density at radius 2 is 1.95 bits per heavy atom. The molecule has 1 rings (SSSR count). The molecule has 0 aliphatic heterocycles. The average Bonchev–Trinajstić information content (AvgIpc) is 2.24. The first kappa shape index (κ1) is 16.0. The summed E-state index contributed by atoms with van der Waals surface area (Å²) in [5.74, 6) is -1.20. The van der Waals surface area contributed by atoms with E-state index >= 15 is 0 Å². The van der Waals surface area contributed by atoms with Crippen LogP contribution in [0.15, 0.2) is 17.0 Å². The second-order valence-corrected chi connectivity index (χ2v) is 5.71. The molecular weight excluding hydrogens is 329 g/mol. The number of nitriles is 1. The van der Waals surface area contributed by atoms with E-state index in [2.05, 4.69) is 4.74 Å². The first-order valence-corrected chi connectivity index (χ1v) is 6.69. The predicted octanol–water partition coefficient (Wildman–Crippen LogP) is 2.29. The normalized spacial score (nSPS) is 11.8. The van der Waals surface area contributed by atoms with E-state index in [1.807, 2.05) is 0 Å². The van der Waals surface area contributed by atoms with Crippen molar-refractivity contribution < 1.29 is 31.2 Å². The minimum Gasteiger partial charge on any atom is -0.404 e. The van der Waals surface area contributed by atoms with Crippen LogP contribution in [0, 0.1) is 21.4 Å². The van der Waals surface area contributed by atoms with Crippen LogP contribution < -0.4 is 4.74 Å². The largest absolute Gasteiger partial charge is 0.573 e. The zero-order valence-electron chi connectivity index (χ0n) is 9.01. The van der Waals surface area contributed by atoms with Gasteiger partial charge < -0.3 is 4.74 Å². The fraction of sp³-hybridized carbons (Fsp3) is 0.125. The number of rotatable bonds is 3. The van der Waals surface area contributed by atoms with Crippen LogP contribution >= 0.6 is 10.7 Å². The van der Waals surface area contributed by atoms with Crippen molar-refractivity contribution in [3.05, 3.63) is 27.8 Å². The third-order valence-electron chi connectivity index (χ3n) is 1.87. The molecule has 0 N–H and O–H groups in total. The molecule has 0 atom stereocenters. The summed E-state index contributed by atoms with van der Waals surface area (Å²) >= 11 is 0. The van der Waals surface area contributed by atoms with Gasteiger partial charge in [-0.2, -0.15) is 5.26 Å². The molecule has 0 radical (unpaired) electrons. The Labute approximate surface area is 113 Å². The highest BCUT2D eigenvalue weighted by Crippen LogP contribution is 2.35. The molecule has 12 heteroatoms. The van der Waals surface area contributed by atoms with Gasteiger partial charge in [0.2, 0.25) is 0 Å². The maximum absolute atomic E-state index is 12.1. The number of benzene rings is 1. The van der Waals surface area contributed by atoms with E-state index in [0.717, 1.165) is 0 Å². The zero-order chi connectivity index (χ0) is 15.7. The number of nitro benzene ring substituents is 1. The van der Waals surface area contributed by atoms with Gasteiger partial charge in [-0.15, -0.1) is 13.2 Å². The lowest BCUT2D eigenvalue weighted by atomic mass is 10.2. The summed E-state index contributed by atoms with van der Waals surface area (Å²) in [5.41, 5.74) is -2.00. The number of hydrogen-bond acceptors (Lipinski definition) is 6. The van der Waals surface area contributed by atoms with Crippen LogP contribution in [0.1, 0.15) is 5.56 Å². The SMILES string of the molecule is N#Cc1cc([N+](=O)[O-])c(S(=O)(=O)Cl)cc1OC(F)(F)F. The highest BCUT2D eigenvalue weighted by molar-refractivity contribution is 8.13. The van der Waals surface area contributed by atoms with Gasteiger partial charge in [-0.1, -0.05) is 0 Å². The van der Waals surface area contributed by atoms with Crippen molar-refractivity contribution in [3.8, 4) is 11.8 Å². The Hall–Kier alpha value is -2.06. The second kappa shape index (κ2) is 5.14. The summed E-state index contributed by atoms with van der Waals surface area (Å²) in [6.07, 6.45) is -5.21. The van der Waals surface area contributed by atoms with Crippen LogP contribution in [0.3, 0.4) is 0 Å². The molecule has 0 aliphatic rings. The van der Waals surface area contributed by atoms with Gasteiger partial charge in [0.1, 0.15) is 17.4 Å². The molecule has 0 aliphatic carbocycles. The number of alkyl halides is 3. The molecule has 1 aromatic rings. The van der Waals surface area contributed by atoms with Crippen LogP contribution in [0.4, 0.5) is 18.9 Å². The monoisotopic (exact) mass is 330 g/mol. The van der Waals surface area contributed by atoms with E-state index in [9.17, 15) is 31.7 Å². The van der Waals surface area contributed by atoms with E-state index in [4.69, 9.17) is 15.9 Å². The molecule has 0 fully saturated rings. The van der Waals surface area contributed by atoms with Gasteiger partial charge >= 0.3 is 6.36 Å². The van der Waals surface area contributed by atoms with Gasteiger partial charge in [-0.25, -0.2) is 8.42 Å². The molecule has 0 amide bonds. The van der Waals surface area contributed by atoms with Crippen LogP contribution in [-0.4, -0.2) is 19.7 Å². The quantitative estimate of drug-likeness (QED) is 0.477. The van der Waals surface area contributed by atoms with Gasteiger partial charge in [-0.3, -0.25) is 10.1 Å². The van der Waals surface area contributed by atoms with Crippen molar-refractivity contribution in [2.75, 3.05) is 0 Å². The fourth-order valence-electron chi connectivity index (χ4n) is 1.18. The van der Waals surface area contributed by atoms with Crippen LogP contribution in [0.25, 0.3) is 0 Å². The summed E-state index contributed by atoms with van der Waals surface area (Å²) in [6, 6.07) is 1.73. The third kappa shape index (κ3) is 3.72. The lowest BCUT2D eigenvalue weighted by Gasteiger charge is -2.11. The Bertz CT molecular complexity index is 710. The minimum absolute atomic E-state index is 0.173. The fourth-order valence-corrected chi connectivity index (χ4v) is 2.19. The molecule has 7 nitrogen and oxygen atoms in total. The van der Waals surface area contributed by atoms with Crippen molar-refractivity contribution in [2.24, 2.45) is 0 Å². The Kier molecular flexibility index (Phi) is 4.11. The van der Waals surface area contributed by atoms with Crippen molar-refractivity contribution in [3.63, 3.8) is 0 Å². The number of hydrogen-bond donors (Lipinski definition) is 0. The van der Waals surface area contributed by atoms with Crippen LogP contribution in [-0.2, 0) is 9.05 Å². The maximum Gasteiger partial charge on any atom is 0.573 e. The Morgan fingerprint density at radius 3 is 2.30 bits per heavy atom. The first-order valence-electron chi connectivity index (χ1n) is 4.38. The van der Waals surface area contributed by atoms with E-state index in [-0.39, 0.29) is 6.07 Å². The maximum atomic E-state index is 12.1. The van der Waals surface area contributed by atoms with E-state index in [1.165, 1.54) is 6.07 Å². The number of halogens is 4. The van der Waals surface area contributed by atoms with Crippen LogP contribution in [0.2, 0.25) is 0 Å². The van der Waals surface area contributed by atoms with E-state index < -0.39 is 42.2 Å². The van der Waals surface area contributed by atoms with E-state index in [1.54, 1.807) is 0 Å². The molecule has 0 aromatic heterocycles. The van der Waals surface area contributed by atoms with Gasteiger partial charge in [0.05, 0.1) is 4.92 Å². The average molecular weight is 331 g/mol. The minimum atomic E-state index is -5.21. The topological polar surface area (TPSA) is 110 Å². The molecular formula is C8H2ClF3N2O5S. The Balaban J connectivity index is 3.65. The summed E-state index contributed by atoms with van der Waals surface area (Å²) in [5, 5.41) is 19.3. The lowest BCUT2D eigenvalue weighted by molar-refractivity contribution is -0.387. The zero-order valence-corrected chi connectivity index (χ0v) is 10.6. The molecule has 0 saturated carbocycles. The van der Waals surface area contributed by atoms with Crippen molar-refractivity contribution >= 4 is 25.4 Å². The van der Waals surface area contributed by atoms with Gasteiger partial charge in [0.25, 0.3) is 14.7 Å². The summed E-state index contributed by atoms with van der Waals surface area (Å²) in [4.78, 5) is 8.24. The highest BCUT2D eigenvalue weighted by atomic mass is 35.7. The molecule has 0 unspecified atom stereocenters. The molecule has 0 bridgehead atoms. The summed E-state index contributed by atoms with van der Waals surface area (Å²) in [7, 11) is 0.187. The smallest absolute Gasteiger partial charge is 0.404 e. The first-order chi connectivity index (χ1) is 8.95. The third-order valence-corrected chi connectivity index (χ3v) is 3.22. The van der Waals surface area contributed by atoms with Crippen LogP contribution in [0.5, 0.6) is 5.75 Å². The molecule has 108 valence electrons. The standard InChI is InChI=1S/C8H2ClF3N2O5S/c9-20(17,18)7-2-6(19-8(10,11)12)4(3-13)1-5(7)14(15)16/h1-2H. The number of nitrogens with zero attached hydrogens (tertiary/aromatic N) is 2. The molecule has 0 spiro atoms. The van der Waals surface area contributed by atoms with Gasteiger partial charge in [0, 0.05) is 22.8 Å². The Morgan fingerprint density at radius 1 is 1.40 bits per heavy atom. The number of nitro groups is 1. The van der Waals surface area contributed by atoms with E-state index in [0.29, 0.717) is 6.07 Å². The van der Waals surface area contributed by atoms with Gasteiger partial charge in [0.15, 0.2) is 4.90 Å². The second-order valence-electron chi connectivity index (χ2n) is 3.17. The predicted molar refractivity (Wildman–Crippen MR) is 57.5 cm³/mol. The molecule has 0 saturated heterocycles. The number of ether oxygens (including phenoxy) is 1. The molecule has 1 aromatic carbocycles. The summed E-state index contributed by atoms with van der Waals surface area (Å²) < 4.78 is 62.0. The lowest BCUT2D eigenvalue weighted by Crippen LogP contribution is -2.18. The van der Waals surface area contributed by atoms with Crippen molar-refractivity contribution in [1.82, 2.24) is 0 Å². The molecule has 0 heterocycles. The summed E-state index contributed by atoms with van der Waals surface area (Å²) in [6.45, 7) is 0. The van der Waals surface area contributed by atoms with Gasteiger partial charge in [-0.05, 0) is 0 Å². The van der Waals surface area contributed by atoms with Crippen molar-refractivity contribution in [1.29, 1.82) is 5.26 Å². The van der Waals surface area contributed by atoms with Crippen molar-refractivity contribution in [2.45, 2.75) is 11.3 Å².